The quantitative estimate of drug-likeness (QED) is 0.558. The number of benzene rings is 2. The summed E-state index contributed by atoms with van der Waals surface area (Å²) < 4.78 is 0. The van der Waals surface area contributed by atoms with E-state index in [9.17, 15) is 9.59 Å². The largest absolute Gasteiger partial charge is 0.339 e. The highest BCUT2D eigenvalue weighted by Gasteiger charge is 2.28. The standard InChI is InChI=1S/C20H18Cl3N3O2/c21-15-3-1-13(2-4-15)12-24-25-19(27)14-7-9-26(10-8-14)20(28)17-6-5-16(22)11-18(17)23/h1-6,11-12,14H,7-10H2,(H,25,27)/b24-12-. The van der Waals surface area contributed by atoms with Crippen molar-refractivity contribution in [3.8, 4) is 0 Å². The van der Waals surface area contributed by atoms with Gasteiger partial charge in [0.25, 0.3) is 5.91 Å². The molecular formula is C20H18Cl3N3O2. The van der Waals surface area contributed by atoms with Crippen LogP contribution < -0.4 is 5.43 Å². The summed E-state index contributed by atoms with van der Waals surface area (Å²) >= 11 is 17.8. The van der Waals surface area contributed by atoms with E-state index in [2.05, 4.69) is 10.5 Å². The number of hydrogen-bond acceptors (Lipinski definition) is 3. The average Bonchev–Trinajstić information content (AvgIpc) is 2.69. The topological polar surface area (TPSA) is 61.8 Å². The van der Waals surface area contributed by atoms with E-state index in [1.807, 2.05) is 12.1 Å². The lowest BCUT2D eigenvalue weighted by molar-refractivity contribution is -0.126. The van der Waals surface area contributed by atoms with Gasteiger partial charge in [0.05, 0.1) is 16.8 Å². The van der Waals surface area contributed by atoms with Crippen LogP contribution in [0.3, 0.4) is 0 Å². The summed E-state index contributed by atoms with van der Waals surface area (Å²) in [5, 5.41) is 5.44. The van der Waals surface area contributed by atoms with Crippen LogP contribution in [0.1, 0.15) is 28.8 Å². The van der Waals surface area contributed by atoms with Crippen LogP contribution in [0.5, 0.6) is 0 Å². The smallest absolute Gasteiger partial charge is 0.255 e. The Balaban J connectivity index is 1.51. The predicted octanol–water partition coefficient (Wildman–Crippen LogP) is 4.65. The molecule has 1 saturated heterocycles. The summed E-state index contributed by atoms with van der Waals surface area (Å²) in [4.78, 5) is 26.6. The highest BCUT2D eigenvalue weighted by atomic mass is 35.5. The Bertz CT molecular complexity index is 892. The second-order valence-corrected chi connectivity index (χ2v) is 7.76. The van der Waals surface area contributed by atoms with E-state index in [1.165, 1.54) is 0 Å². The van der Waals surface area contributed by atoms with Gasteiger partial charge in [0.15, 0.2) is 0 Å². The molecule has 1 N–H and O–H groups in total. The molecule has 1 fully saturated rings. The van der Waals surface area contributed by atoms with Gasteiger partial charge in [-0.15, -0.1) is 0 Å². The van der Waals surface area contributed by atoms with Crippen molar-refractivity contribution in [3.05, 3.63) is 68.7 Å². The first-order chi connectivity index (χ1) is 13.4. The van der Waals surface area contributed by atoms with Crippen LogP contribution in [0.25, 0.3) is 0 Å². The molecule has 1 aliphatic heterocycles. The number of amides is 2. The SMILES string of the molecule is O=C(N/N=C\c1ccc(Cl)cc1)C1CCN(C(=O)c2ccc(Cl)cc2Cl)CC1. The van der Waals surface area contributed by atoms with Gasteiger partial charge in [-0.1, -0.05) is 46.9 Å². The van der Waals surface area contributed by atoms with Crippen molar-refractivity contribution in [2.75, 3.05) is 13.1 Å². The fourth-order valence-corrected chi connectivity index (χ4v) is 3.60. The summed E-state index contributed by atoms with van der Waals surface area (Å²) in [5.41, 5.74) is 3.82. The molecule has 5 nitrogen and oxygen atoms in total. The number of nitrogens with one attached hydrogen (secondary N) is 1. The van der Waals surface area contributed by atoms with Crippen molar-refractivity contribution in [1.29, 1.82) is 0 Å². The summed E-state index contributed by atoms with van der Waals surface area (Å²) in [6.45, 7) is 0.966. The predicted molar refractivity (Wildman–Crippen MR) is 112 cm³/mol. The Hall–Kier alpha value is -2.08. The zero-order valence-corrected chi connectivity index (χ0v) is 17.1. The van der Waals surface area contributed by atoms with Crippen molar-refractivity contribution in [2.45, 2.75) is 12.8 Å². The first-order valence-corrected chi connectivity index (χ1v) is 9.90. The normalized spacial score (nSPS) is 15.0. The van der Waals surface area contributed by atoms with Gasteiger partial charge in [-0.2, -0.15) is 5.10 Å². The van der Waals surface area contributed by atoms with Gasteiger partial charge in [-0.3, -0.25) is 9.59 Å². The fourth-order valence-electron chi connectivity index (χ4n) is 2.99. The van der Waals surface area contributed by atoms with Crippen LogP contribution >= 0.6 is 34.8 Å². The lowest BCUT2D eigenvalue weighted by Gasteiger charge is -2.31. The zero-order chi connectivity index (χ0) is 20.1. The molecule has 2 amide bonds. The molecule has 0 radical (unpaired) electrons. The third-order valence-corrected chi connectivity index (χ3v) is 5.37. The van der Waals surface area contributed by atoms with Gasteiger partial charge in [0, 0.05) is 29.1 Å². The molecule has 0 unspecified atom stereocenters. The molecule has 1 aliphatic rings. The minimum absolute atomic E-state index is 0.151. The van der Waals surface area contributed by atoms with Crippen molar-refractivity contribution in [3.63, 3.8) is 0 Å². The van der Waals surface area contributed by atoms with Gasteiger partial charge in [-0.05, 0) is 48.7 Å². The molecule has 0 aromatic heterocycles. The Kier molecular flexibility index (Phi) is 6.94. The molecule has 146 valence electrons. The van der Waals surface area contributed by atoms with E-state index in [0.717, 1.165) is 5.56 Å². The Morgan fingerprint density at radius 1 is 1.00 bits per heavy atom. The van der Waals surface area contributed by atoms with Crippen LogP contribution in [0.15, 0.2) is 47.6 Å². The van der Waals surface area contributed by atoms with Gasteiger partial charge >= 0.3 is 0 Å². The third kappa shape index (κ3) is 5.25. The van der Waals surface area contributed by atoms with Gasteiger partial charge < -0.3 is 4.90 Å². The van der Waals surface area contributed by atoms with Crippen LogP contribution in [0.4, 0.5) is 0 Å². The number of hydrazone groups is 1. The number of nitrogens with zero attached hydrogens (tertiary/aromatic N) is 2. The maximum Gasteiger partial charge on any atom is 0.255 e. The molecule has 3 rings (SSSR count). The molecule has 0 aliphatic carbocycles. The summed E-state index contributed by atoms with van der Waals surface area (Å²) in [6, 6.07) is 11.9. The number of likely N-dealkylation sites (tertiary alicyclic amines) is 1. The summed E-state index contributed by atoms with van der Waals surface area (Å²) in [6.07, 6.45) is 2.70. The number of rotatable bonds is 4. The van der Waals surface area contributed by atoms with E-state index in [-0.39, 0.29) is 17.7 Å². The van der Waals surface area contributed by atoms with E-state index in [1.54, 1.807) is 41.4 Å². The van der Waals surface area contributed by atoms with Gasteiger partial charge in [0.2, 0.25) is 5.91 Å². The summed E-state index contributed by atoms with van der Waals surface area (Å²) in [5.74, 6) is -0.491. The van der Waals surface area contributed by atoms with E-state index >= 15 is 0 Å². The Labute approximate surface area is 178 Å². The van der Waals surface area contributed by atoms with Crippen LogP contribution in [0, 0.1) is 5.92 Å². The minimum atomic E-state index is -0.188. The zero-order valence-electron chi connectivity index (χ0n) is 14.9. The maximum absolute atomic E-state index is 12.6. The number of carbonyl (C=O) groups excluding carboxylic acids is 2. The first-order valence-electron chi connectivity index (χ1n) is 8.77. The lowest BCUT2D eigenvalue weighted by Crippen LogP contribution is -2.42. The van der Waals surface area contributed by atoms with E-state index in [0.29, 0.717) is 46.6 Å². The monoisotopic (exact) mass is 437 g/mol. The van der Waals surface area contributed by atoms with Crippen LogP contribution in [-0.2, 0) is 4.79 Å². The number of piperidine rings is 1. The van der Waals surface area contributed by atoms with Crippen molar-refractivity contribution in [1.82, 2.24) is 10.3 Å². The number of halogens is 3. The maximum atomic E-state index is 12.6. The molecule has 0 atom stereocenters. The van der Waals surface area contributed by atoms with E-state index in [4.69, 9.17) is 34.8 Å². The van der Waals surface area contributed by atoms with Crippen LogP contribution in [0.2, 0.25) is 15.1 Å². The second-order valence-electron chi connectivity index (χ2n) is 6.48. The van der Waals surface area contributed by atoms with Gasteiger partial charge in [-0.25, -0.2) is 5.43 Å². The van der Waals surface area contributed by atoms with Crippen molar-refractivity contribution < 1.29 is 9.59 Å². The highest BCUT2D eigenvalue weighted by molar-refractivity contribution is 6.36. The second kappa shape index (κ2) is 9.41. The molecule has 0 bridgehead atoms. The number of carbonyl (C=O) groups is 2. The number of hydrogen-bond donors (Lipinski definition) is 1. The van der Waals surface area contributed by atoms with Crippen LogP contribution in [-0.4, -0.2) is 36.0 Å². The first kappa shape index (κ1) is 20.6. The molecule has 28 heavy (non-hydrogen) atoms. The Morgan fingerprint density at radius 3 is 2.29 bits per heavy atom. The average molecular weight is 439 g/mol. The Morgan fingerprint density at radius 2 is 1.64 bits per heavy atom. The van der Waals surface area contributed by atoms with Gasteiger partial charge in [0.1, 0.15) is 0 Å². The molecule has 2 aromatic rings. The highest BCUT2D eigenvalue weighted by Crippen LogP contribution is 2.25. The molecule has 0 spiro atoms. The third-order valence-electron chi connectivity index (χ3n) is 4.57. The van der Waals surface area contributed by atoms with Crippen molar-refractivity contribution in [2.24, 2.45) is 11.0 Å². The molecule has 1 heterocycles. The fraction of sp³-hybridized carbons (Fsp3) is 0.250. The molecular weight excluding hydrogens is 421 g/mol. The van der Waals surface area contributed by atoms with Crippen molar-refractivity contribution >= 4 is 52.8 Å². The van der Waals surface area contributed by atoms with E-state index < -0.39 is 0 Å². The lowest BCUT2D eigenvalue weighted by atomic mass is 9.95. The molecule has 0 saturated carbocycles. The minimum Gasteiger partial charge on any atom is -0.339 e. The summed E-state index contributed by atoms with van der Waals surface area (Å²) in [7, 11) is 0. The molecule has 2 aromatic carbocycles. The molecule has 8 heteroatoms.